The predicted molar refractivity (Wildman–Crippen MR) is 61.9 cm³/mol. The number of nitriles is 1. The molecule has 0 unspecified atom stereocenters. The summed E-state index contributed by atoms with van der Waals surface area (Å²) in [5, 5.41) is 11.6. The molecule has 1 N–H and O–H groups in total. The van der Waals surface area contributed by atoms with Crippen LogP contribution in [0.25, 0.3) is 0 Å². The van der Waals surface area contributed by atoms with E-state index < -0.39 is 0 Å². The van der Waals surface area contributed by atoms with Crippen LogP contribution < -0.4 is 10.2 Å². The third kappa shape index (κ3) is 3.13. The Morgan fingerprint density at radius 3 is 3.00 bits per heavy atom. The smallest absolute Gasteiger partial charge is 0.127 e. The molecule has 0 bridgehead atoms. The Balaban J connectivity index is 2.77. The van der Waals surface area contributed by atoms with Crippen molar-refractivity contribution in [2.75, 3.05) is 30.4 Å². The van der Waals surface area contributed by atoms with E-state index in [0.29, 0.717) is 6.42 Å². The van der Waals surface area contributed by atoms with E-state index >= 15 is 0 Å². The van der Waals surface area contributed by atoms with E-state index in [9.17, 15) is 0 Å². The first-order valence-corrected chi connectivity index (χ1v) is 5.07. The molecule has 0 saturated heterocycles. The number of pyridine rings is 1. The molecule has 15 heavy (non-hydrogen) atoms. The van der Waals surface area contributed by atoms with E-state index in [1.165, 1.54) is 0 Å². The minimum absolute atomic E-state index is 0.547. The van der Waals surface area contributed by atoms with Gasteiger partial charge in [0.25, 0.3) is 0 Å². The van der Waals surface area contributed by atoms with Crippen molar-refractivity contribution < 1.29 is 0 Å². The van der Waals surface area contributed by atoms with Crippen LogP contribution >= 0.6 is 0 Å². The molecule has 0 radical (unpaired) electrons. The molecule has 4 nitrogen and oxygen atoms in total. The van der Waals surface area contributed by atoms with Crippen LogP contribution in [0.2, 0.25) is 0 Å². The molecule has 0 saturated carbocycles. The molecule has 4 heteroatoms. The standard InChI is InChI=1S/C11H16N4/c1-3-15(8-4-6-12)10-5-7-14-11(9-10)13-2/h5,7,9H,3-4,8H2,1-2H3,(H,13,14). The molecule has 80 valence electrons. The van der Waals surface area contributed by atoms with Gasteiger partial charge in [-0.1, -0.05) is 0 Å². The maximum absolute atomic E-state index is 8.56. The van der Waals surface area contributed by atoms with Crippen LogP contribution in [0.15, 0.2) is 18.3 Å². The number of nitrogens with zero attached hydrogens (tertiary/aromatic N) is 3. The maximum Gasteiger partial charge on any atom is 0.127 e. The average Bonchev–Trinajstić information content (AvgIpc) is 2.30. The summed E-state index contributed by atoms with van der Waals surface area (Å²) in [6.07, 6.45) is 2.32. The monoisotopic (exact) mass is 204 g/mol. The molecule has 1 aromatic heterocycles. The van der Waals surface area contributed by atoms with Crippen LogP contribution in [0.1, 0.15) is 13.3 Å². The second kappa shape index (κ2) is 5.86. The molecular formula is C11H16N4. The van der Waals surface area contributed by atoms with Gasteiger partial charge in [0.05, 0.1) is 12.5 Å². The molecule has 1 rings (SSSR count). The van der Waals surface area contributed by atoms with E-state index in [-0.39, 0.29) is 0 Å². The lowest BCUT2D eigenvalue weighted by Crippen LogP contribution is -2.23. The summed E-state index contributed by atoms with van der Waals surface area (Å²) in [6.45, 7) is 3.74. The first kappa shape index (κ1) is 11.3. The third-order valence-electron chi connectivity index (χ3n) is 2.24. The largest absolute Gasteiger partial charge is 0.373 e. The Morgan fingerprint density at radius 1 is 1.60 bits per heavy atom. The van der Waals surface area contributed by atoms with E-state index in [0.717, 1.165) is 24.6 Å². The first-order chi connectivity index (χ1) is 7.31. The second-order valence-corrected chi connectivity index (χ2v) is 3.14. The minimum atomic E-state index is 0.547. The molecule has 0 aliphatic carbocycles. The van der Waals surface area contributed by atoms with Crippen molar-refractivity contribution >= 4 is 11.5 Å². The highest BCUT2D eigenvalue weighted by Crippen LogP contribution is 2.16. The molecule has 0 fully saturated rings. The van der Waals surface area contributed by atoms with Gasteiger partial charge < -0.3 is 10.2 Å². The zero-order valence-electron chi connectivity index (χ0n) is 9.20. The minimum Gasteiger partial charge on any atom is -0.373 e. The Kier molecular flexibility index (Phi) is 4.42. The van der Waals surface area contributed by atoms with Crippen LogP contribution in [-0.2, 0) is 0 Å². The third-order valence-corrected chi connectivity index (χ3v) is 2.24. The SMILES string of the molecule is CCN(CCC#N)c1ccnc(NC)c1. The lowest BCUT2D eigenvalue weighted by molar-refractivity contribution is 0.826. The van der Waals surface area contributed by atoms with Gasteiger partial charge in [0, 0.05) is 38.1 Å². The lowest BCUT2D eigenvalue weighted by Gasteiger charge is -2.21. The van der Waals surface area contributed by atoms with Crippen molar-refractivity contribution in [2.45, 2.75) is 13.3 Å². The molecule has 0 atom stereocenters. The van der Waals surface area contributed by atoms with Crippen molar-refractivity contribution in [1.82, 2.24) is 4.98 Å². The van der Waals surface area contributed by atoms with Gasteiger partial charge in [0.15, 0.2) is 0 Å². The fourth-order valence-electron chi connectivity index (χ4n) is 1.41. The maximum atomic E-state index is 8.56. The average molecular weight is 204 g/mol. The summed E-state index contributed by atoms with van der Waals surface area (Å²) in [6, 6.07) is 6.10. The zero-order chi connectivity index (χ0) is 11.1. The highest BCUT2D eigenvalue weighted by molar-refractivity contribution is 5.53. The van der Waals surface area contributed by atoms with E-state index in [2.05, 4.69) is 28.2 Å². The van der Waals surface area contributed by atoms with Gasteiger partial charge in [0.1, 0.15) is 5.82 Å². The van der Waals surface area contributed by atoms with E-state index in [4.69, 9.17) is 5.26 Å². The fraction of sp³-hybridized carbons (Fsp3) is 0.455. The highest BCUT2D eigenvalue weighted by Gasteiger charge is 2.04. The van der Waals surface area contributed by atoms with Gasteiger partial charge in [0.2, 0.25) is 0 Å². The van der Waals surface area contributed by atoms with E-state index in [1.807, 2.05) is 19.2 Å². The molecule has 1 heterocycles. The number of hydrogen-bond donors (Lipinski definition) is 1. The van der Waals surface area contributed by atoms with Gasteiger partial charge in [-0.3, -0.25) is 0 Å². The Morgan fingerprint density at radius 2 is 2.40 bits per heavy atom. The van der Waals surface area contributed by atoms with Crippen LogP contribution in [-0.4, -0.2) is 25.1 Å². The number of rotatable bonds is 5. The topological polar surface area (TPSA) is 52.0 Å². The first-order valence-electron chi connectivity index (χ1n) is 5.07. The summed E-state index contributed by atoms with van der Waals surface area (Å²) in [5.41, 5.74) is 1.10. The van der Waals surface area contributed by atoms with Crippen molar-refractivity contribution in [3.63, 3.8) is 0 Å². The van der Waals surface area contributed by atoms with Gasteiger partial charge in [-0.05, 0) is 13.0 Å². The summed E-state index contributed by atoms with van der Waals surface area (Å²) in [5.74, 6) is 0.850. The van der Waals surface area contributed by atoms with Crippen molar-refractivity contribution in [2.24, 2.45) is 0 Å². The zero-order valence-corrected chi connectivity index (χ0v) is 9.20. The van der Waals surface area contributed by atoms with Gasteiger partial charge in [-0.2, -0.15) is 5.26 Å². The van der Waals surface area contributed by atoms with Crippen molar-refractivity contribution in [3.05, 3.63) is 18.3 Å². The Bertz CT molecular complexity index is 343. The summed E-state index contributed by atoms with van der Waals surface area (Å²) in [4.78, 5) is 6.31. The Hall–Kier alpha value is -1.76. The fourth-order valence-corrected chi connectivity index (χ4v) is 1.41. The van der Waals surface area contributed by atoms with Crippen LogP contribution in [0.4, 0.5) is 11.5 Å². The molecule has 0 aliphatic heterocycles. The van der Waals surface area contributed by atoms with Crippen LogP contribution in [0.3, 0.4) is 0 Å². The van der Waals surface area contributed by atoms with Crippen molar-refractivity contribution in [3.8, 4) is 6.07 Å². The Labute approximate surface area is 90.5 Å². The molecule has 0 amide bonds. The van der Waals surface area contributed by atoms with Gasteiger partial charge in [-0.15, -0.1) is 0 Å². The van der Waals surface area contributed by atoms with Gasteiger partial charge >= 0.3 is 0 Å². The quantitative estimate of drug-likeness (QED) is 0.795. The molecule has 0 aromatic carbocycles. The van der Waals surface area contributed by atoms with E-state index in [1.54, 1.807) is 6.20 Å². The van der Waals surface area contributed by atoms with Crippen LogP contribution in [0, 0.1) is 11.3 Å². The number of anilines is 2. The number of aromatic nitrogens is 1. The van der Waals surface area contributed by atoms with Gasteiger partial charge in [-0.25, -0.2) is 4.98 Å². The normalized spacial score (nSPS) is 9.40. The number of nitrogens with one attached hydrogen (secondary N) is 1. The lowest BCUT2D eigenvalue weighted by atomic mass is 10.3. The van der Waals surface area contributed by atoms with Crippen LogP contribution in [0.5, 0.6) is 0 Å². The molecular weight excluding hydrogens is 188 g/mol. The second-order valence-electron chi connectivity index (χ2n) is 3.14. The number of hydrogen-bond acceptors (Lipinski definition) is 4. The van der Waals surface area contributed by atoms with Crippen molar-refractivity contribution in [1.29, 1.82) is 5.26 Å². The highest BCUT2D eigenvalue weighted by atomic mass is 15.1. The predicted octanol–water partition coefficient (Wildman–Crippen LogP) is 1.86. The summed E-state index contributed by atoms with van der Waals surface area (Å²) in [7, 11) is 1.84. The summed E-state index contributed by atoms with van der Waals surface area (Å²) < 4.78 is 0. The molecule has 0 spiro atoms. The molecule has 0 aliphatic rings. The molecule has 1 aromatic rings. The summed E-state index contributed by atoms with van der Waals surface area (Å²) >= 11 is 0.